The maximum atomic E-state index is 9.71. The number of methoxy groups -OCH3 is 1. The zero-order chi connectivity index (χ0) is 23.1. The van der Waals surface area contributed by atoms with Gasteiger partial charge in [0.2, 0.25) is 6.41 Å². The van der Waals surface area contributed by atoms with Gasteiger partial charge in [-0.25, -0.2) is 9.97 Å². The van der Waals surface area contributed by atoms with Crippen molar-refractivity contribution in [2.24, 2.45) is 0 Å². The summed E-state index contributed by atoms with van der Waals surface area (Å²) in [6, 6.07) is 3.54. The van der Waals surface area contributed by atoms with E-state index >= 15 is 0 Å². The van der Waals surface area contributed by atoms with Gasteiger partial charge in [-0.15, -0.1) is 11.3 Å². The highest BCUT2D eigenvalue weighted by molar-refractivity contribution is 7.19. The first-order valence-corrected chi connectivity index (χ1v) is 11.1. The van der Waals surface area contributed by atoms with Gasteiger partial charge in [0.05, 0.1) is 24.8 Å². The van der Waals surface area contributed by atoms with Gasteiger partial charge in [0.25, 0.3) is 0 Å². The number of fused-ring (bicyclic) bond motifs is 3. The fourth-order valence-electron chi connectivity index (χ4n) is 3.53. The van der Waals surface area contributed by atoms with Crippen molar-refractivity contribution in [1.29, 1.82) is 5.41 Å². The third kappa shape index (κ3) is 5.14. The third-order valence-corrected chi connectivity index (χ3v) is 6.40. The quantitative estimate of drug-likeness (QED) is 0.244. The van der Waals surface area contributed by atoms with Crippen LogP contribution in [-0.4, -0.2) is 59.9 Å². The standard InChI is InChI=1S/C18H19N5OS.C4H9NO2/c1-24-14-7-12(20)10(8-19)6-13(14)23-17-16-11-4-2-3-5-15(11)25-18(16)22-9-21-17;1-5(4-7)2-3-6/h6-9,19H,2-5,20H2,1H3,(H,21,22,23);4,6H,2-3H2,1H3. The average Bonchev–Trinajstić information content (AvgIpc) is 3.20. The fraction of sp³-hybridized carbons (Fsp3) is 0.364. The number of aliphatic hydroxyl groups is 1. The number of likely N-dealkylation sites (N-methyl/N-ethyl adjacent to an activating group) is 1. The van der Waals surface area contributed by atoms with Gasteiger partial charge in [0.1, 0.15) is 22.7 Å². The van der Waals surface area contributed by atoms with Crippen LogP contribution in [0.5, 0.6) is 5.75 Å². The number of carbonyl (C=O) groups excluding carboxylic acids is 1. The van der Waals surface area contributed by atoms with Crippen LogP contribution >= 0.6 is 11.3 Å². The van der Waals surface area contributed by atoms with Gasteiger partial charge in [-0.1, -0.05) is 0 Å². The van der Waals surface area contributed by atoms with Crippen LogP contribution in [0.2, 0.25) is 0 Å². The summed E-state index contributed by atoms with van der Waals surface area (Å²) in [6.45, 7) is 0.457. The molecule has 10 heteroatoms. The molecular formula is C22H28N6O3S. The van der Waals surface area contributed by atoms with Crippen molar-refractivity contribution in [1.82, 2.24) is 14.9 Å². The van der Waals surface area contributed by atoms with Crippen LogP contribution in [0.1, 0.15) is 28.8 Å². The Kier molecular flexibility index (Phi) is 7.96. The molecule has 32 heavy (non-hydrogen) atoms. The summed E-state index contributed by atoms with van der Waals surface area (Å²) in [5, 5.41) is 20.2. The van der Waals surface area contributed by atoms with Crippen LogP contribution in [0, 0.1) is 5.41 Å². The van der Waals surface area contributed by atoms with Crippen molar-refractivity contribution in [3.8, 4) is 5.75 Å². The lowest BCUT2D eigenvalue weighted by molar-refractivity contribution is -0.117. The van der Waals surface area contributed by atoms with Crippen molar-refractivity contribution in [3.63, 3.8) is 0 Å². The number of hydrogen-bond donors (Lipinski definition) is 4. The number of nitrogen functional groups attached to an aromatic ring is 1. The smallest absolute Gasteiger partial charge is 0.209 e. The molecule has 9 nitrogen and oxygen atoms in total. The minimum absolute atomic E-state index is 0.0369. The number of thiophene rings is 1. The Bertz CT molecular complexity index is 1100. The first-order valence-electron chi connectivity index (χ1n) is 10.3. The number of hydrogen-bond acceptors (Lipinski definition) is 9. The molecule has 0 unspecified atom stereocenters. The number of nitrogens with zero attached hydrogens (tertiary/aromatic N) is 3. The molecule has 0 saturated carbocycles. The van der Waals surface area contributed by atoms with Gasteiger partial charge < -0.3 is 31.2 Å². The molecule has 1 aliphatic carbocycles. The number of rotatable bonds is 7. The van der Waals surface area contributed by atoms with Crippen LogP contribution in [0.4, 0.5) is 17.2 Å². The van der Waals surface area contributed by atoms with E-state index in [4.69, 9.17) is 21.0 Å². The van der Waals surface area contributed by atoms with Gasteiger partial charge in [-0.3, -0.25) is 4.79 Å². The minimum atomic E-state index is 0.0369. The maximum absolute atomic E-state index is 9.71. The number of nitrogens with one attached hydrogen (secondary N) is 2. The fourth-order valence-corrected chi connectivity index (χ4v) is 4.76. The van der Waals surface area contributed by atoms with Crippen molar-refractivity contribution in [3.05, 3.63) is 34.5 Å². The summed E-state index contributed by atoms with van der Waals surface area (Å²) in [7, 11) is 3.22. The Balaban J connectivity index is 0.000000360. The molecule has 3 aromatic rings. The number of anilines is 3. The average molecular weight is 457 g/mol. The lowest BCUT2D eigenvalue weighted by atomic mass is 9.97. The van der Waals surface area contributed by atoms with Crippen LogP contribution in [0.25, 0.3) is 10.2 Å². The Morgan fingerprint density at radius 1 is 1.34 bits per heavy atom. The lowest BCUT2D eigenvalue weighted by Crippen LogP contribution is -2.19. The monoisotopic (exact) mass is 456 g/mol. The third-order valence-electron chi connectivity index (χ3n) is 5.20. The molecule has 0 fully saturated rings. The maximum Gasteiger partial charge on any atom is 0.209 e. The van der Waals surface area contributed by atoms with Crippen LogP contribution < -0.4 is 15.8 Å². The van der Waals surface area contributed by atoms with E-state index < -0.39 is 0 Å². The van der Waals surface area contributed by atoms with Crippen molar-refractivity contribution in [2.75, 3.05) is 38.4 Å². The van der Waals surface area contributed by atoms with Gasteiger partial charge in [-0.05, 0) is 37.3 Å². The molecule has 0 saturated heterocycles. The summed E-state index contributed by atoms with van der Waals surface area (Å²) in [5.41, 5.74) is 9.22. The molecule has 5 N–H and O–H groups in total. The molecule has 0 atom stereocenters. The Morgan fingerprint density at radius 3 is 2.78 bits per heavy atom. The molecule has 2 heterocycles. The molecule has 1 amide bonds. The molecule has 1 aromatic carbocycles. The summed E-state index contributed by atoms with van der Waals surface area (Å²) in [5.74, 6) is 1.40. The topological polar surface area (TPSA) is 137 Å². The van der Waals surface area contributed by atoms with E-state index in [0.29, 0.717) is 30.0 Å². The first-order chi connectivity index (χ1) is 15.5. The van der Waals surface area contributed by atoms with E-state index in [1.165, 1.54) is 34.4 Å². The zero-order valence-corrected chi connectivity index (χ0v) is 19.0. The normalized spacial score (nSPS) is 12.3. The van der Waals surface area contributed by atoms with Crippen molar-refractivity contribution in [2.45, 2.75) is 25.7 Å². The van der Waals surface area contributed by atoms with Gasteiger partial charge in [0, 0.05) is 42.0 Å². The molecule has 0 bridgehead atoms. The number of nitrogens with two attached hydrogens (primary N) is 1. The van der Waals surface area contributed by atoms with E-state index in [2.05, 4.69) is 15.3 Å². The summed E-state index contributed by atoms with van der Waals surface area (Å²) < 4.78 is 5.45. The lowest BCUT2D eigenvalue weighted by Gasteiger charge is -2.15. The number of carbonyl (C=O) groups is 1. The number of benzene rings is 1. The van der Waals surface area contributed by atoms with Crippen LogP contribution in [0.3, 0.4) is 0 Å². The number of aliphatic hydroxyl groups excluding tert-OH is 1. The Morgan fingerprint density at radius 2 is 2.12 bits per heavy atom. The number of aryl methyl sites for hydroxylation is 2. The minimum Gasteiger partial charge on any atom is -0.494 e. The molecular weight excluding hydrogens is 428 g/mol. The summed E-state index contributed by atoms with van der Waals surface area (Å²) in [4.78, 5) is 22.5. The van der Waals surface area contributed by atoms with Gasteiger partial charge in [0.15, 0.2) is 0 Å². The summed E-state index contributed by atoms with van der Waals surface area (Å²) in [6.07, 6.45) is 8.15. The van der Waals surface area contributed by atoms with Crippen molar-refractivity contribution < 1.29 is 14.6 Å². The second-order valence-corrected chi connectivity index (χ2v) is 8.46. The van der Waals surface area contributed by atoms with E-state index in [-0.39, 0.29) is 6.61 Å². The molecule has 0 radical (unpaired) electrons. The second kappa shape index (κ2) is 10.9. The second-order valence-electron chi connectivity index (χ2n) is 7.37. The molecule has 170 valence electrons. The van der Waals surface area contributed by atoms with Gasteiger partial charge >= 0.3 is 0 Å². The van der Waals surface area contributed by atoms with E-state index in [1.807, 2.05) is 6.07 Å². The largest absolute Gasteiger partial charge is 0.494 e. The Labute approximate surface area is 190 Å². The number of aromatic nitrogens is 2. The molecule has 1 aliphatic rings. The number of amides is 1. The highest BCUT2D eigenvalue weighted by Crippen LogP contribution is 2.40. The molecule has 0 aliphatic heterocycles. The van der Waals surface area contributed by atoms with Crippen molar-refractivity contribution >= 4 is 51.4 Å². The van der Waals surface area contributed by atoms with Gasteiger partial charge in [-0.2, -0.15) is 0 Å². The first kappa shape index (κ1) is 23.4. The summed E-state index contributed by atoms with van der Waals surface area (Å²) >= 11 is 1.77. The van der Waals surface area contributed by atoms with E-state index in [1.54, 1.807) is 37.9 Å². The Hall–Kier alpha value is -3.24. The molecule has 2 aromatic heterocycles. The number of ether oxygens (including phenoxy) is 1. The highest BCUT2D eigenvalue weighted by atomic mass is 32.1. The van der Waals surface area contributed by atoms with E-state index in [0.717, 1.165) is 34.6 Å². The molecule has 4 rings (SSSR count). The van der Waals surface area contributed by atoms with E-state index in [9.17, 15) is 4.79 Å². The van der Waals surface area contributed by atoms with Crippen LogP contribution in [-0.2, 0) is 17.6 Å². The van der Waals surface area contributed by atoms with Crippen LogP contribution in [0.15, 0.2) is 18.5 Å². The predicted octanol–water partition coefficient (Wildman–Crippen LogP) is 2.97. The predicted molar refractivity (Wildman–Crippen MR) is 128 cm³/mol. The SMILES string of the molecule is CN(C=O)CCO.COc1cc(N)c(C=N)cc1Nc1ncnc2sc3c(c12)CCCC3. The zero-order valence-electron chi connectivity index (χ0n) is 18.2. The molecule has 0 spiro atoms. The highest BCUT2D eigenvalue weighted by Gasteiger charge is 2.20.